The molecule has 1 aliphatic carbocycles. The predicted octanol–water partition coefficient (Wildman–Crippen LogP) is 2.96. The Balaban J connectivity index is 1.64. The smallest absolute Gasteiger partial charge is 0.160 e. The second-order valence-electron chi connectivity index (χ2n) is 5.62. The molecular formula is C15H22N4. The highest BCUT2D eigenvalue weighted by Crippen LogP contribution is 2.23. The van der Waals surface area contributed by atoms with Gasteiger partial charge in [-0.15, -0.1) is 10.2 Å². The first-order valence-electron chi connectivity index (χ1n) is 7.37. The van der Waals surface area contributed by atoms with Crippen molar-refractivity contribution < 1.29 is 0 Å². The second kappa shape index (κ2) is 5.70. The van der Waals surface area contributed by atoms with Gasteiger partial charge in [-0.3, -0.25) is 4.40 Å². The lowest BCUT2D eigenvalue weighted by atomic mass is 9.89. The molecule has 2 aromatic rings. The fourth-order valence-electron chi connectivity index (χ4n) is 2.98. The third-order valence-corrected chi connectivity index (χ3v) is 4.16. The summed E-state index contributed by atoms with van der Waals surface area (Å²) < 4.78 is 2.07. The summed E-state index contributed by atoms with van der Waals surface area (Å²) in [6.07, 6.45) is 8.99. The van der Waals surface area contributed by atoms with Crippen molar-refractivity contribution in [3.05, 3.63) is 30.2 Å². The minimum atomic E-state index is 0.249. The van der Waals surface area contributed by atoms with Crippen molar-refractivity contribution in [2.75, 3.05) is 6.54 Å². The molecule has 0 bridgehead atoms. The number of aromatic nitrogens is 3. The number of rotatable bonds is 4. The molecule has 1 N–H and O–H groups in total. The average molecular weight is 258 g/mol. The lowest BCUT2D eigenvalue weighted by Gasteiger charge is -2.23. The normalized spacial score (nSPS) is 18.8. The maximum absolute atomic E-state index is 4.31. The Hall–Kier alpha value is -1.42. The first-order chi connectivity index (χ1) is 9.34. The highest BCUT2D eigenvalue weighted by Gasteiger charge is 2.17. The monoisotopic (exact) mass is 258 g/mol. The van der Waals surface area contributed by atoms with Gasteiger partial charge in [0, 0.05) is 6.20 Å². The molecule has 1 atom stereocenters. The van der Waals surface area contributed by atoms with Crippen molar-refractivity contribution in [1.29, 1.82) is 0 Å². The summed E-state index contributed by atoms with van der Waals surface area (Å²) in [5.74, 6) is 1.85. The van der Waals surface area contributed by atoms with Crippen LogP contribution in [0.3, 0.4) is 0 Å². The Kier molecular flexibility index (Phi) is 3.78. The van der Waals surface area contributed by atoms with Gasteiger partial charge in [0.05, 0.1) is 6.04 Å². The Bertz CT molecular complexity index is 528. The van der Waals surface area contributed by atoms with E-state index in [0.29, 0.717) is 0 Å². The van der Waals surface area contributed by atoms with Crippen LogP contribution in [0.5, 0.6) is 0 Å². The molecule has 0 aliphatic heterocycles. The molecule has 1 fully saturated rings. The molecule has 0 aromatic carbocycles. The third-order valence-electron chi connectivity index (χ3n) is 4.16. The quantitative estimate of drug-likeness (QED) is 0.916. The van der Waals surface area contributed by atoms with E-state index in [-0.39, 0.29) is 6.04 Å². The van der Waals surface area contributed by atoms with E-state index in [2.05, 4.69) is 26.8 Å². The van der Waals surface area contributed by atoms with Gasteiger partial charge in [-0.2, -0.15) is 0 Å². The molecule has 0 spiro atoms. The molecule has 4 nitrogen and oxygen atoms in total. The summed E-state index contributed by atoms with van der Waals surface area (Å²) in [5.41, 5.74) is 0.920. The minimum Gasteiger partial charge on any atom is -0.307 e. The molecule has 19 heavy (non-hydrogen) atoms. The zero-order chi connectivity index (χ0) is 13.1. The van der Waals surface area contributed by atoms with Gasteiger partial charge in [-0.1, -0.05) is 25.3 Å². The van der Waals surface area contributed by atoms with Crippen LogP contribution in [0.2, 0.25) is 0 Å². The van der Waals surface area contributed by atoms with Gasteiger partial charge in [0.25, 0.3) is 0 Å². The number of hydrogen-bond acceptors (Lipinski definition) is 3. The zero-order valence-corrected chi connectivity index (χ0v) is 11.5. The van der Waals surface area contributed by atoms with E-state index in [1.807, 2.05) is 24.4 Å². The Morgan fingerprint density at radius 3 is 2.95 bits per heavy atom. The molecule has 1 unspecified atom stereocenters. The molecule has 4 heteroatoms. The second-order valence-corrected chi connectivity index (χ2v) is 5.62. The molecule has 2 aromatic heterocycles. The predicted molar refractivity (Wildman–Crippen MR) is 76.0 cm³/mol. The van der Waals surface area contributed by atoms with Crippen LogP contribution in [0.15, 0.2) is 24.4 Å². The minimum absolute atomic E-state index is 0.249. The Morgan fingerprint density at radius 2 is 2.11 bits per heavy atom. The van der Waals surface area contributed by atoms with Crippen LogP contribution in [0.25, 0.3) is 5.65 Å². The number of fused-ring (bicyclic) bond motifs is 1. The molecule has 3 rings (SSSR count). The van der Waals surface area contributed by atoms with Gasteiger partial charge in [-0.05, 0) is 44.4 Å². The van der Waals surface area contributed by atoms with Crippen molar-refractivity contribution in [3.8, 4) is 0 Å². The standard InChI is InChI=1S/C15H22N4/c1-12(16-11-13-7-3-2-4-8-13)15-18-17-14-9-5-6-10-19(14)15/h5-6,9-10,12-13,16H,2-4,7-8,11H2,1H3. The maximum atomic E-state index is 4.31. The van der Waals surface area contributed by atoms with Gasteiger partial charge >= 0.3 is 0 Å². The lowest BCUT2D eigenvalue weighted by molar-refractivity contribution is 0.329. The average Bonchev–Trinajstić information content (AvgIpc) is 2.90. The van der Waals surface area contributed by atoms with Crippen LogP contribution in [0.1, 0.15) is 50.9 Å². The van der Waals surface area contributed by atoms with Gasteiger partial charge in [0.1, 0.15) is 0 Å². The third kappa shape index (κ3) is 2.78. The van der Waals surface area contributed by atoms with E-state index in [9.17, 15) is 0 Å². The molecular weight excluding hydrogens is 236 g/mol. The fourth-order valence-corrected chi connectivity index (χ4v) is 2.98. The van der Waals surface area contributed by atoms with Crippen molar-refractivity contribution in [2.24, 2.45) is 5.92 Å². The fraction of sp³-hybridized carbons (Fsp3) is 0.600. The van der Waals surface area contributed by atoms with Gasteiger partial charge in [0.15, 0.2) is 11.5 Å². The molecule has 1 saturated carbocycles. The van der Waals surface area contributed by atoms with Gasteiger partial charge < -0.3 is 5.32 Å². The number of nitrogens with one attached hydrogen (secondary N) is 1. The summed E-state index contributed by atoms with van der Waals surface area (Å²) in [5, 5.41) is 12.1. The van der Waals surface area contributed by atoms with Crippen LogP contribution in [0.4, 0.5) is 0 Å². The van der Waals surface area contributed by atoms with Crippen molar-refractivity contribution in [1.82, 2.24) is 19.9 Å². The van der Waals surface area contributed by atoms with Crippen molar-refractivity contribution in [3.63, 3.8) is 0 Å². The number of nitrogens with zero attached hydrogens (tertiary/aromatic N) is 3. The SMILES string of the molecule is CC(NCC1CCCCC1)c1nnc2ccccn12. The lowest BCUT2D eigenvalue weighted by Crippen LogP contribution is -2.28. The van der Waals surface area contributed by atoms with Crippen molar-refractivity contribution >= 4 is 5.65 Å². The molecule has 1 aliphatic rings. The largest absolute Gasteiger partial charge is 0.307 e. The maximum Gasteiger partial charge on any atom is 0.160 e. The van der Waals surface area contributed by atoms with Gasteiger partial charge in [-0.25, -0.2) is 0 Å². The van der Waals surface area contributed by atoms with E-state index < -0.39 is 0 Å². The van der Waals surface area contributed by atoms with Crippen molar-refractivity contribution in [2.45, 2.75) is 45.1 Å². The summed E-state index contributed by atoms with van der Waals surface area (Å²) in [6.45, 7) is 3.27. The van der Waals surface area contributed by atoms with Gasteiger partial charge in [0.2, 0.25) is 0 Å². The number of hydrogen-bond donors (Lipinski definition) is 1. The summed E-state index contributed by atoms with van der Waals surface area (Å²) in [4.78, 5) is 0. The molecule has 0 amide bonds. The van der Waals surface area contributed by atoms with Crippen LogP contribution in [-0.2, 0) is 0 Å². The highest BCUT2D eigenvalue weighted by atomic mass is 15.3. The van der Waals surface area contributed by atoms with Crippen LogP contribution in [-0.4, -0.2) is 21.1 Å². The van der Waals surface area contributed by atoms with E-state index in [1.165, 1.54) is 32.1 Å². The Morgan fingerprint density at radius 1 is 1.26 bits per heavy atom. The Labute approximate surface area is 114 Å². The van der Waals surface area contributed by atoms with E-state index in [1.54, 1.807) is 0 Å². The molecule has 0 saturated heterocycles. The van der Waals surface area contributed by atoms with E-state index in [0.717, 1.165) is 23.9 Å². The topological polar surface area (TPSA) is 42.2 Å². The molecule has 0 radical (unpaired) electrons. The van der Waals surface area contributed by atoms with Crippen LogP contribution in [0, 0.1) is 5.92 Å². The number of pyridine rings is 1. The van der Waals surface area contributed by atoms with Crippen LogP contribution >= 0.6 is 0 Å². The molecule has 102 valence electrons. The summed E-state index contributed by atoms with van der Waals surface area (Å²) in [6, 6.07) is 6.26. The molecule has 2 heterocycles. The van der Waals surface area contributed by atoms with E-state index in [4.69, 9.17) is 0 Å². The van der Waals surface area contributed by atoms with E-state index >= 15 is 0 Å². The first-order valence-corrected chi connectivity index (χ1v) is 7.37. The first kappa shape index (κ1) is 12.6. The highest BCUT2D eigenvalue weighted by molar-refractivity contribution is 5.37. The van der Waals surface area contributed by atoms with Crippen LogP contribution < -0.4 is 5.32 Å². The summed E-state index contributed by atoms with van der Waals surface area (Å²) in [7, 11) is 0. The zero-order valence-electron chi connectivity index (χ0n) is 11.5. The summed E-state index contributed by atoms with van der Waals surface area (Å²) >= 11 is 0.